The van der Waals surface area contributed by atoms with E-state index in [1.54, 1.807) is 0 Å². The molecule has 11 aromatic rings. The van der Waals surface area contributed by atoms with Crippen LogP contribution in [0.3, 0.4) is 0 Å². The summed E-state index contributed by atoms with van der Waals surface area (Å²) < 4.78 is 6.65. The average Bonchev–Trinajstić information content (AvgIpc) is 3.86. The van der Waals surface area contributed by atoms with E-state index in [2.05, 4.69) is 214 Å². The first-order valence-corrected chi connectivity index (χ1v) is 21.8. The third kappa shape index (κ3) is 6.34. The van der Waals surface area contributed by atoms with E-state index < -0.39 is 0 Å². The summed E-state index contributed by atoms with van der Waals surface area (Å²) in [5, 5.41) is 2.12. The van der Waals surface area contributed by atoms with Crippen LogP contribution in [0.25, 0.3) is 112 Å². The van der Waals surface area contributed by atoms with Crippen molar-refractivity contribution in [2.75, 3.05) is 0 Å². The fourth-order valence-electron chi connectivity index (χ4n) is 9.82. The molecule has 0 saturated carbocycles. The molecule has 0 bridgehead atoms. The second-order valence-corrected chi connectivity index (χ2v) is 17.2. The topological polar surface area (TPSA) is 51.8 Å². The minimum atomic E-state index is -0.153. The van der Waals surface area contributed by atoms with Crippen LogP contribution in [-0.4, -0.2) is 15.0 Å². The van der Waals surface area contributed by atoms with Crippen molar-refractivity contribution in [2.24, 2.45) is 0 Å². The Balaban J connectivity index is 0.982. The summed E-state index contributed by atoms with van der Waals surface area (Å²) in [6.45, 7) is 4.67. The first-order chi connectivity index (χ1) is 31.5. The Morgan fingerprint density at radius 2 is 0.797 bits per heavy atom. The number of nitrogens with zero attached hydrogens (tertiary/aromatic N) is 3. The van der Waals surface area contributed by atoms with Gasteiger partial charge in [-0.25, -0.2) is 15.0 Å². The maximum absolute atomic E-state index is 6.65. The maximum atomic E-state index is 6.65. The van der Waals surface area contributed by atoms with E-state index in [0.29, 0.717) is 17.5 Å². The SMILES string of the molecule is CC1(C)c2ccccc2-c2cccc(-c3cccc(-c4nc(-c5ccc(-c6ccccc6)cc5)nc(-c5ccc6c(c5)oc5cccc(-c7cccc(-c8ccccc8)c7)c56)n4)c3)c21. The molecule has 0 spiro atoms. The highest BCUT2D eigenvalue weighted by Gasteiger charge is 2.37. The minimum absolute atomic E-state index is 0.153. The molecule has 0 N–H and O–H groups in total. The number of furan rings is 1. The van der Waals surface area contributed by atoms with Crippen LogP contribution in [0.4, 0.5) is 0 Å². The van der Waals surface area contributed by atoms with Gasteiger partial charge in [0, 0.05) is 32.9 Å². The van der Waals surface area contributed by atoms with Gasteiger partial charge < -0.3 is 4.42 Å². The van der Waals surface area contributed by atoms with Crippen LogP contribution in [0.5, 0.6) is 0 Å². The monoisotopic (exact) mass is 819 g/mol. The van der Waals surface area contributed by atoms with Crippen molar-refractivity contribution < 1.29 is 4.42 Å². The molecular formula is C60H41N3O. The zero-order valence-electron chi connectivity index (χ0n) is 35.5. The molecule has 0 unspecified atom stereocenters. The van der Waals surface area contributed by atoms with Gasteiger partial charge in [-0.1, -0.05) is 196 Å². The average molecular weight is 820 g/mol. The van der Waals surface area contributed by atoms with Gasteiger partial charge in [0.2, 0.25) is 0 Å². The third-order valence-electron chi connectivity index (χ3n) is 12.9. The molecule has 0 fully saturated rings. The van der Waals surface area contributed by atoms with Crippen molar-refractivity contribution in [2.45, 2.75) is 19.3 Å². The highest BCUT2D eigenvalue weighted by molar-refractivity contribution is 6.13. The molecular weight excluding hydrogens is 779 g/mol. The van der Waals surface area contributed by atoms with Gasteiger partial charge >= 0.3 is 0 Å². The maximum Gasteiger partial charge on any atom is 0.164 e. The Hall–Kier alpha value is -8.21. The molecule has 2 aromatic heterocycles. The fourth-order valence-corrected chi connectivity index (χ4v) is 9.82. The summed E-state index contributed by atoms with van der Waals surface area (Å²) in [4.78, 5) is 15.6. The van der Waals surface area contributed by atoms with Gasteiger partial charge in [-0.3, -0.25) is 0 Å². The Bertz CT molecular complexity index is 3570. The van der Waals surface area contributed by atoms with Crippen LogP contribution in [0.1, 0.15) is 25.0 Å². The lowest BCUT2D eigenvalue weighted by Gasteiger charge is -2.24. The van der Waals surface area contributed by atoms with Gasteiger partial charge in [0.05, 0.1) is 0 Å². The Morgan fingerprint density at radius 3 is 1.55 bits per heavy atom. The lowest BCUT2D eigenvalue weighted by atomic mass is 9.79. The molecule has 12 rings (SSSR count). The third-order valence-corrected chi connectivity index (χ3v) is 12.9. The van der Waals surface area contributed by atoms with E-state index in [9.17, 15) is 0 Å². The number of rotatable bonds is 7. The molecule has 0 amide bonds. The Morgan fingerprint density at radius 1 is 0.328 bits per heavy atom. The largest absolute Gasteiger partial charge is 0.456 e. The number of fused-ring (bicyclic) bond motifs is 6. The van der Waals surface area contributed by atoms with Crippen LogP contribution >= 0.6 is 0 Å². The molecule has 64 heavy (non-hydrogen) atoms. The van der Waals surface area contributed by atoms with Crippen molar-refractivity contribution in [1.29, 1.82) is 0 Å². The standard InChI is InChI=1S/C60H41N3O/c1-60(2)52-27-10-9-23-49(52)50-26-13-25-48(56(50)60)44-21-12-22-45(36-44)58-61-57(41-31-29-40(30-32-41)38-15-5-3-6-16-38)62-59(63-58)46-33-34-51-54(37-46)64-53-28-14-24-47(55(51)53)43-20-11-19-42(35-43)39-17-7-4-8-18-39/h3-37H,1-2H3. The fraction of sp³-hybridized carbons (Fsp3) is 0.0500. The first kappa shape index (κ1) is 37.5. The van der Waals surface area contributed by atoms with E-state index >= 15 is 0 Å². The normalized spacial score (nSPS) is 12.7. The molecule has 2 heterocycles. The van der Waals surface area contributed by atoms with Crippen molar-refractivity contribution >= 4 is 21.9 Å². The van der Waals surface area contributed by atoms with Crippen LogP contribution in [0, 0.1) is 0 Å². The molecule has 302 valence electrons. The summed E-state index contributed by atoms with van der Waals surface area (Å²) in [5.41, 5.74) is 18.7. The smallest absolute Gasteiger partial charge is 0.164 e. The second kappa shape index (κ2) is 15.0. The van der Waals surface area contributed by atoms with Gasteiger partial charge in [-0.05, 0) is 97.1 Å². The van der Waals surface area contributed by atoms with Crippen LogP contribution in [0.15, 0.2) is 217 Å². The Labute approximate surface area is 372 Å². The number of hydrogen-bond donors (Lipinski definition) is 0. The predicted octanol–water partition coefficient (Wildman–Crippen LogP) is 15.7. The molecule has 0 aliphatic heterocycles. The zero-order valence-corrected chi connectivity index (χ0v) is 35.5. The zero-order chi connectivity index (χ0) is 42.8. The van der Waals surface area contributed by atoms with Gasteiger partial charge in [0.25, 0.3) is 0 Å². The summed E-state index contributed by atoms with van der Waals surface area (Å²) in [7, 11) is 0. The first-order valence-electron chi connectivity index (χ1n) is 21.8. The van der Waals surface area contributed by atoms with E-state index in [4.69, 9.17) is 19.4 Å². The predicted molar refractivity (Wildman–Crippen MR) is 263 cm³/mol. The summed E-state index contributed by atoms with van der Waals surface area (Å²) in [5.74, 6) is 1.79. The summed E-state index contributed by atoms with van der Waals surface area (Å²) in [6.07, 6.45) is 0. The summed E-state index contributed by atoms with van der Waals surface area (Å²) >= 11 is 0. The molecule has 0 radical (unpaired) electrons. The van der Waals surface area contributed by atoms with E-state index in [1.165, 1.54) is 38.9 Å². The molecule has 0 atom stereocenters. The highest BCUT2D eigenvalue weighted by Crippen LogP contribution is 2.52. The molecule has 4 heteroatoms. The van der Waals surface area contributed by atoms with Gasteiger partial charge in [0.15, 0.2) is 17.5 Å². The van der Waals surface area contributed by atoms with E-state index in [0.717, 1.165) is 66.4 Å². The number of hydrogen-bond acceptors (Lipinski definition) is 4. The molecule has 1 aliphatic rings. The van der Waals surface area contributed by atoms with Crippen molar-refractivity contribution in [1.82, 2.24) is 15.0 Å². The molecule has 4 nitrogen and oxygen atoms in total. The van der Waals surface area contributed by atoms with Gasteiger partial charge in [0.1, 0.15) is 11.2 Å². The Kier molecular flexibility index (Phi) is 8.80. The quantitative estimate of drug-likeness (QED) is 0.161. The summed E-state index contributed by atoms with van der Waals surface area (Å²) in [6, 6.07) is 74.9. The molecule has 1 aliphatic carbocycles. The van der Waals surface area contributed by atoms with Gasteiger partial charge in [-0.2, -0.15) is 0 Å². The number of benzene rings is 9. The van der Waals surface area contributed by atoms with Crippen molar-refractivity contribution in [3.05, 3.63) is 223 Å². The van der Waals surface area contributed by atoms with Crippen LogP contribution in [-0.2, 0) is 5.41 Å². The lowest BCUT2D eigenvalue weighted by Crippen LogP contribution is -2.16. The van der Waals surface area contributed by atoms with E-state index in [-0.39, 0.29) is 5.41 Å². The lowest BCUT2D eigenvalue weighted by molar-refractivity contribution is 0.662. The van der Waals surface area contributed by atoms with E-state index in [1.807, 2.05) is 12.1 Å². The minimum Gasteiger partial charge on any atom is -0.456 e. The van der Waals surface area contributed by atoms with Crippen molar-refractivity contribution in [3.63, 3.8) is 0 Å². The van der Waals surface area contributed by atoms with Gasteiger partial charge in [-0.15, -0.1) is 0 Å². The number of aromatic nitrogens is 3. The van der Waals surface area contributed by atoms with Crippen LogP contribution < -0.4 is 0 Å². The van der Waals surface area contributed by atoms with Crippen LogP contribution in [0.2, 0.25) is 0 Å². The molecule has 9 aromatic carbocycles. The molecule has 0 saturated heterocycles. The van der Waals surface area contributed by atoms with Crippen molar-refractivity contribution in [3.8, 4) is 89.8 Å². The highest BCUT2D eigenvalue weighted by atomic mass is 16.3. The second-order valence-electron chi connectivity index (χ2n) is 17.2.